The van der Waals surface area contributed by atoms with E-state index in [0.717, 1.165) is 25.7 Å². The number of carboxylic acids is 2. The minimum atomic E-state index is -1.56. The molecule has 3 rings (SSSR count). The monoisotopic (exact) mass is 564 g/mol. The molecule has 40 heavy (non-hydrogen) atoms. The molecule has 0 aromatic heterocycles. The van der Waals surface area contributed by atoms with Gasteiger partial charge in [-0.2, -0.15) is 4.89 Å². The Morgan fingerprint density at radius 2 is 1.38 bits per heavy atom. The van der Waals surface area contributed by atoms with E-state index in [0.29, 0.717) is 25.7 Å². The minimum absolute atomic E-state index is 0.0803. The molecule has 3 aliphatic carbocycles. The molecule has 0 bridgehead atoms. The Hall–Kier alpha value is -3.15. The van der Waals surface area contributed by atoms with Crippen molar-refractivity contribution >= 4 is 17.9 Å². The lowest BCUT2D eigenvalue weighted by Gasteiger charge is -2.34. The van der Waals surface area contributed by atoms with Gasteiger partial charge in [0.25, 0.3) is 0 Å². The molecule has 222 valence electrons. The van der Waals surface area contributed by atoms with Crippen LogP contribution in [0.1, 0.15) is 84.5 Å². The highest BCUT2D eigenvalue weighted by Gasteiger charge is 2.43. The lowest BCUT2D eigenvalue weighted by atomic mass is 9.78. The maximum atomic E-state index is 12.9. The van der Waals surface area contributed by atoms with Gasteiger partial charge in [-0.3, -0.25) is 14.4 Å². The van der Waals surface area contributed by atoms with Crippen LogP contribution in [0.15, 0.2) is 0 Å². The molecule has 0 aromatic rings. The summed E-state index contributed by atoms with van der Waals surface area (Å²) in [5.74, 6) is -7.37. The van der Waals surface area contributed by atoms with Crippen LogP contribution in [0, 0.1) is 48.4 Å². The third kappa shape index (κ3) is 9.50. The first-order valence-corrected chi connectivity index (χ1v) is 14.0. The summed E-state index contributed by atoms with van der Waals surface area (Å²) in [5.41, 5.74) is 0. The van der Waals surface area contributed by atoms with E-state index >= 15 is 0 Å². The van der Waals surface area contributed by atoms with Gasteiger partial charge in [0.05, 0.1) is 24.4 Å². The zero-order valence-corrected chi connectivity index (χ0v) is 23.2. The molecule has 11 heteroatoms. The molecule has 0 heterocycles. The highest BCUT2D eigenvalue weighted by atomic mass is 17.2. The molecule has 3 fully saturated rings. The Kier molecular flexibility index (Phi) is 11.8. The second-order valence-corrected chi connectivity index (χ2v) is 11.3. The first-order valence-electron chi connectivity index (χ1n) is 14.0. The van der Waals surface area contributed by atoms with Crippen LogP contribution in [0.4, 0.5) is 0 Å². The van der Waals surface area contributed by atoms with Crippen molar-refractivity contribution in [2.45, 2.75) is 109 Å². The van der Waals surface area contributed by atoms with E-state index in [9.17, 15) is 24.6 Å². The topological polar surface area (TPSA) is 147 Å². The number of carbonyl (C=O) groups is 3. The van der Waals surface area contributed by atoms with E-state index in [-0.39, 0.29) is 31.7 Å². The Balaban J connectivity index is 1.49. The van der Waals surface area contributed by atoms with E-state index < -0.39 is 53.5 Å². The summed E-state index contributed by atoms with van der Waals surface area (Å²) in [6, 6.07) is 0. The molecule has 0 aromatic carbocycles. The van der Waals surface area contributed by atoms with Crippen molar-refractivity contribution in [3.63, 3.8) is 0 Å². The summed E-state index contributed by atoms with van der Waals surface area (Å²) in [6.07, 6.45) is 19.4. The number of hydrogen-bond donors (Lipinski definition) is 2. The summed E-state index contributed by atoms with van der Waals surface area (Å²) in [4.78, 5) is 47.2. The lowest BCUT2D eigenvalue weighted by Crippen LogP contribution is -2.43. The van der Waals surface area contributed by atoms with Gasteiger partial charge in [0.2, 0.25) is 5.79 Å². The molecular formula is C29H40O11. The van der Waals surface area contributed by atoms with Crippen molar-refractivity contribution in [2.24, 2.45) is 23.7 Å². The number of ether oxygens (including phenoxy) is 4. The molecule has 0 radical (unpaired) electrons. The number of esters is 1. The van der Waals surface area contributed by atoms with Gasteiger partial charge in [-0.1, -0.05) is 12.8 Å². The SMILES string of the molecule is C#COC1CCC(C(=O)O)C(C(=O)OC(C)(C)OOCC2CC(OC#COC3CCCCC3)CCC2C(=O)O)C1. The molecule has 2 N–H and O–H groups in total. The standard InChI is InChI=1S/C29H40O11/c1-4-35-22-11-13-24(27(32)33)25(17-22)28(34)39-29(2,3)40-38-18-19-16-21(10-12-23(19)26(30)31)37-15-14-36-20-8-6-5-7-9-20/h1,19-25H,5-13,16-18H2,2-3H3,(H,30,31)(H,32,33). The van der Waals surface area contributed by atoms with Crippen LogP contribution in [-0.4, -0.2) is 58.8 Å². The maximum absolute atomic E-state index is 12.9. The third-order valence-electron chi connectivity index (χ3n) is 7.84. The molecule has 0 saturated heterocycles. The lowest BCUT2D eigenvalue weighted by molar-refractivity contribution is -0.413. The van der Waals surface area contributed by atoms with Gasteiger partial charge in [0.15, 0.2) is 12.2 Å². The molecule has 6 atom stereocenters. The predicted molar refractivity (Wildman–Crippen MR) is 138 cm³/mol. The maximum Gasteiger partial charge on any atom is 0.312 e. The summed E-state index contributed by atoms with van der Waals surface area (Å²) in [6.45, 7) is 2.81. The van der Waals surface area contributed by atoms with Crippen LogP contribution >= 0.6 is 0 Å². The van der Waals surface area contributed by atoms with Gasteiger partial charge in [0, 0.05) is 19.8 Å². The van der Waals surface area contributed by atoms with E-state index in [1.165, 1.54) is 20.3 Å². The Morgan fingerprint density at radius 3 is 2.00 bits per heavy atom. The number of carboxylic acid groups (broad SMARTS) is 2. The molecule has 0 aliphatic heterocycles. The Morgan fingerprint density at radius 1 is 0.775 bits per heavy atom. The normalized spacial score (nSPS) is 29.1. The van der Waals surface area contributed by atoms with Crippen molar-refractivity contribution < 1.29 is 53.3 Å². The average Bonchev–Trinajstić information content (AvgIpc) is 2.91. The van der Waals surface area contributed by atoms with Gasteiger partial charge in [0.1, 0.15) is 24.4 Å². The van der Waals surface area contributed by atoms with E-state index in [1.807, 2.05) is 0 Å². The predicted octanol–water partition coefficient (Wildman–Crippen LogP) is 3.84. The van der Waals surface area contributed by atoms with Crippen LogP contribution in [-0.2, 0) is 43.1 Å². The molecule has 6 unspecified atom stereocenters. The molecule has 0 amide bonds. The summed E-state index contributed by atoms with van der Waals surface area (Å²) in [5, 5.41) is 19.2. The van der Waals surface area contributed by atoms with Crippen molar-refractivity contribution in [3.05, 3.63) is 0 Å². The number of rotatable bonds is 11. The first-order chi connectivity index (χ1) is 19.1. The van der Waals surface area contributed by atoms with Gasteiger partial charge >= 0.3 is 17.9 Å². The first kappa shape index (κ1) is 31.4. The molecule has 3 aliphatic rings. The molecule has 0 spiro atoms. The van der Waals surface area contributed by atoms with Crippen LogP contribution in [0.25, 0.3) is 0 Å². The largest absolute Gasteiger partial charge is 0.481 e. The Labute approximate surface area is 235 Å². The summed E-state index contributed by atoms with van der Waals surface area (Å²) < 4.78 is 21.8. The molecule has 3 saturated carbocycles. The third-order valence-corrected chi connectivity index (χ3v) is 7.84. The number of carbonyl (C=O) groups excluding carboxylic acids is 1. The van der Waals surface area contributed by atoms with Gasteiger partial charge in [-0.05, 0) is 64.2 Å². The zero-order chi connectivity index (χ0) is 29.1. The van der Waals surface area contributed by atoms with Gasteiger partial charge < -0.3 is 29.2 Å². The van der Waals surface area contributed by atoms with Crippen LogP contribution in [0.3, 0.4) is 0 Å². The van der Waals surface area contributed by atoms with Gasteiger partial charge in [-0.15, -0.1) is 0 Å². The van der Waals surface area contributed by atoms with Crippen molar-refractivity contribution in [2.75, 3.05) is 6.61 Å². The van der Waals surface area contributed by atoms with E-state index in [4.69, 9.17) is 35.1 Å². The number of aliphatic carboxylic acids is 2. The smallest absolute Gasteiger partial charge is 0.312 e. The van der Waals surface area contributed by atoms with Gasteiger partial charge in [-0.25, -0.2) is 4.89 Å². The number of hydrogen-bond acceptors (Lipinski definition) is 9. The van der Waals surface area contributed by atoms with Crippen molar-refractivity contribution in [1.82, 2.24) is 0 Å². The minimum Gasteiger partial charge on any atom is -0.481 e. The Bertz CT molecular complexity index is 969. The average molecular weight is 565 g/mol. The van der Waals surface area contributed by atoms with Crippen molar-refractivity contribution in [3.8, 4) is 24.7 Å². The highest BCUT2D eigenvalue weighted by molar-refractivity contribution is 5.81. The fourth-order valence-electron chi connectivity index (χ4n) is 5.72. The molecule has 11 nitrogen and oxygen atoms in total. The van der Waals surface area contributed by atoms with Crippen LogP contribution < -0.4 is 0 Å². The van der Waals surface area contributed by atoms with E-state index in [1.54, 1.807) is 0 Å². The quantitative estimate of drug-likeness (QED) is 0.124. The van der Waals surface area contributed by atoms with Crippen LogP contribution in [0.2, 0.25) is 0 Å². The summed E-state index contributed by atoms with van der Waals surface area (Å²) in [7, 11) is 0. The highest BCUT2D eigenvalue weighted by Crippen LogP contribution is 2.35. The second-order valence-electron chi connectivity index (χ2n) is 11.3. The summed E-state index contributed by atoms with van der Waals surface area (Å²) >= 11 is 0. The van der Waals surface area contributed by atoms with Crippen LogP contribution in [0.5, 0.6) is 0 Å². The second kappa shape index (κ2) is 15.0. The number of terminal acetylenes is 1. The fraction of sp³-hybridized carbons (Fsp3) is 0.759. The van der Waals surface area contributed by atoms with Crippen molar-refractivity contribution in [1.29, 1.82) is 0 Å². The van der Waals surface area contributed by atoms with E-state index in [2.05, 4.69) is 18.3 Å². The fourth-order valence-corrected chi connectivity index (χ4v) is 5.72. The zero-order valence-electron chi connectivity index (χ0n) is 23.2. The molecular weight excluding hydrogens is 524 g/mol.